The lowest BCUT2D eigenvalue weighted by atomic mass is 9.96. The van der Waals surface area contributed by atoms with E-state index in [0.717, 1.165) is 19.6 Å². The molecule has 2 rings (SSSR count). The predicted octanol–water partition coefficient (Wildman–Crippen LogP) is 1.89. The second kappa shape index (κ2) is 4.78. The first-order valence-electron chi connectivity index (χ1n) is 6.31. The van der Waals surface area contributed by atoms with Crippen LogP contribution in [0.15, 0.2) is 12.4 Å². The van der Waals surface area contributed by atoms with Crippen LogP contribution in [-0.2, 0) is 11.8 Å². The van der Waals surface area contributed by atoms with E-state index in [-0.39, 0.29) is 11.6 Å². The minimum absolute atomic E-state index is 0.169. The molecule has 2 atom stereocenters. The molecule has 4 heteroatoms. The molecular formula is C13H23N3O. The molecular weight excluding hydrogens is 214 g/mol. The van der Waals surface area contributed by atoms with Gasteiger partial charge in [0.2, 0.25) is 0 Å². The van der Waals surface area contributed by atoms with Gasteiger partial charge in [0.15, 0.2) is 0 Å². The Bertz CT molecular complexity index is 367. The molecule has 0 aromatic carbocycles. The molecule has 0 bridgehead atoms. The Morgan fingerprint density at radius 2 is 2.29 bits per heavy atom. The van der Waals surface area contributed by atoms with Crippen molar-refractivity contribution in [3.8, 4) is 0 Å². The molecule has 0 saturated carbocycles. The predicted molar refractivity (Wildman–Crippen MR) is 67.8 cm³/mol. The number of hydrogen-bond acceptors (Lipinski definition) is 3. The summed E-state index contributed by atoms with van der Waals surface area (Å²) in [6.07, 6.45) is 5.31. The highest BCUT2D eigenvalue weighted by atomic mass is 16.5. The van der Waals surface area contributed by atoms with Crippen LogP contribution in [0.5, 0.6) is 0 Å². The van der Waals surface area contributed by atoms with E-state index in [4.69, 9.17) is 4.74 Å². The highest BCUT2D eigenvalue weighted by molar-refractivity contribution is 5.11. The number of nitrogens with zero attached hydrogens (tertiary/aromatic N) is 2. The van der Waals surface area contributed by atoms with Crippen molar-refractivity contribution in [2.24, 2.45) is 13.0 Å². The van der Waals surface area contributed by atoms with Crippen molar-refractivity contribution in [1.29, 1.82) is 0 Å². The molecule has 17 heavy (non-hydrogen) atoms. The smallest absolute Gasteiger partial charge is 0.0896 e. The zero-order valence-electron chi connectivity index (χ0n) is 11.2. The van der Waals surface area contributed by atoms with Crippen molar-refractivity contribution in [2.45, 2.75) is 38.8 Å². The third-order valence-electron chi connectivity index (χ3n) is 3.16. The second-order valence-electron chi connectivity index (χ2n) is 5.92. The molecule has 0 spiro atoms. The van der Waals surface area contributed by atoms with Crippen molar-refractivity contribution < 1.29 is 4.74 Å². The standard InChI is InChI=1S/C13H23N3O/c1-13(2,3)14-7-10-5-6-17-12(10)11-8-15-16(4)9-11/h8-10,12,14H,5-7H2,1-4H3. The lowest BCUT2D eigenvalue weighted by Gasteiger charge is -2.25. The Hall–Kier alpha value is -0.870. The summed E-state index contributed by atoms with van der Waals surface area (Å²) in [5.74, 6) is 0.554. The quantitative estimate of drug-likeness (QED) is 0.872. The second-order valence-corrected chi connectivity index (χ2v) is 5.92. The van der Waals surface area contributed by atoms with Gasteiger partial charge in [-0.1, -0.05) is 0 Å². The molecule has 1 aromatic heterocycles. The summed E-state index contributed by atoms with van der Waals surface area (Å²) in [5.41, 5.74) is 1.37. The van der Waals surface area contributed by atoms with E-state index >= 15 is 0 Å². The van der Waals surface area contributed by atoms with Gasteiger partial charge in [-0.15, -0.1) is 0 Å². The maximum atomic E-state index is 5.84. The van der Waals surface area contributed by atoms with E-state index in [1.165, 1.54) is 5.56 Å². The van der Waals surface area contributed by atoms with Crippen LogP contribution in [0.25, 0.3) is 0 Å². The molecule has 0 radical (unpaired) electrons. The molecule has 1 aliphatic rings. The van der Waals surface area contributed by atoms with E-state index in [0.29, 0.717) is 5.92 Å². The summed E-state index contributed by atoms with van der Waals surface area (Å²) < 4.78 is 7.68. The molecule has 4 nitrogen and oxygen atoms in total. The van der Waals surface area contributed by atoms with Gasteiger partial charge >= 0.3 is 0 Å². The largest absolute Gasteiger partial charge is 0.373 e. The number of aromatic nitrogens is 2. The third-order valence-corrected chi connectivity index (χ3v) is 3.16. The third kappa shape index (κ3) is 3.30. The van der Waals surface area contributed by atoms with E-state index in [1.54, 1.807) is 0 Å². The van der Waals surface area contributed by atoms with Gasteiger partial charge in [-0.2, -0.15) is 5.10 Å². The maximum Gasteiger partial charge on any atom is 0.0896 e. The fourth-order valence-corrected chi connectivity index (χ4v) is 2.24. The average Bonchev–Trinajstić information content (AvgIpc) is 2.81. The van der Waals surface area contributed by atoms with Crippen molar-refractivity contribution in [3.63, 3.8) is 0 Å². The van der Waals surface area contributed by atoms with Gasteiger partial charge < -0.3 is 10.1 Å². The van der Waals surface area contributed by atoms with E-state index < -0.39 is 0 Å². The Labute approximate surface area is 103 Å². The summed E-state index contributed by atoms with van der Waals surface area (Å²) in [6, 6.07) is 0. The van der Waals surface area contributed by atoms with Gasteiger partial charge in [-0.25, -0.2) is 0 Å². The molecule has 1 aromatic rings. The van der Waals surface area contributed by atoms with Gasteiger partial charge in [0.25, 0.3) is 0 Å². The van der Waals surface area contributed by atoms with Crippen molar-refractivity contribution >= 4 is 0 Å². The van der Waals surface area contributed by atoms with Gasteiger partial charge in [0.1, 0.15) is 0 Å². The molecule has 0 amide bonds. The topological polar surface area (TPSA) is 39.1 Å². The highest BCUT2D eigenvalue weighted by Crippen LogP contribution is 2.33. The minimum atomic E-state index is 0.169. The van der Waals surface area contributed by atoms with E-state index in [1.807, 2.05) is 17.9 Å². The lowest BCUT2D eigenvalue weighted by Crippen LogP contribution is -2.39. The monoisotopic (exact) mass is 237 g/mol. The van der Waals surface area contributed by atoms with Crippen LogP contribution < -0.4 is 5.32 Å². The van der Waals surface area contributed by atoms with Gasteiger partial charge in [0.05, 0.1) is 12.3 Å². The molecule has 2 unspecified atom stereocenters. The SMILES string of the molecule is Cn1cc(C2OCCC2CNC(C)(C)C)cn1. The molecule has 1 saturated heterocycles. The number of nitrogens with one attached hydrogen (secondary N) is 1. The Morgan fingerprint density at radius 3 is 2.88 bits per heavy atom. The Morgan fingerprint density at radius 1 is 1.53 bits per heavy atom. The Balaban J connectivity index is 1.98. The summed E-state index contributed by atoms with van der Waals surface area (Å²) in [5, 5.41) is 7.78. The van der Waals surface area contributed by atoms with Gasteiger partial charge in [0, 0.05) is 43.4 Å². The first kappa shape index (κ1) is 12.6. The summed E-state index contributed by atoms with van der Waals surface area (Å²) >= 11 is 0. The van der Waals surface area contributed by atoms with Crippen molar-refractivity contribution in [2.75, 3.05) is 13.2 Å². The molecule has 2 heterocycles. The fraction of sp³-hybridized carbons (Fsp3) is 0.769. The first-order chi connectivity index (χ1) is 7.96. The normalized spacial score (nSPS) is 25.4. The zero-order chi connectivity index (χ0) is 12.5. The van der Waals surface area contributed by atoms with Crippen LogP contribution in [0, 0.1) is 5.92 Å². The van der Waals surface area contributed by atoms with Gasteiger partial charge in [-0.05, 0) is 27.2 Å². The van der Waals surface area contributed by atoms with Crippen LogP contribution in [0.3, 0.4) is 0 Å². The maximum absolute atomic E-state index is 5.84. The number of hydrogen-bond donors (Lipinski definition) is 1. The van der Waals surface area contributed by atoms with Crippen LogP contribution in [0.1, 0.15) is 38.9 Å². The first-order valence-corrected chi connectivity index (χ1v) is 6.31. The van der Waals surface area contributed by atoms with Gasteiger partial charge in [-0.3, -0.25) is 4.68 Å². The number of rotatable bonds is 3. The molecule has 1 N–H and O–H groups in total. The fourth-order valence-electron chi connectivity index (χ4n) is 2.24. The summed E-state index contributed by atoms with van der Waals surface area (Å²) in [4.78, 5) is 0. The highest BCUT2D eigenvalue weighted by Gasteiger charge is 2.31. The average molecular weight is 237 g/mol. The van der Waals surface area contributed by atoms with E-state index in [2.05, 4.69) is 37.4 Å². The molecule has 1 fully saturated rings. The van der Waals surface area contributed by atoms with Crippen LogP contribution in [0.4, 0.5) is 0 Å². The lowest BCUT2D eigenvalue weighted by molar-refractivity contribution is 0.0889. The molecule has 96 valence electrons. The molecule has 0 aliphatic carbocycles. The van der Waals surface area contributed by atoms with Crippen LogP contribution in [0.2, 0.25) is 0 Å². The van der Waals surface area contributed by atoms with Crippen LogP contribution >= 0.6 is 0 Å². The molecule has 1 aliphatic heterocycles. The summed E-state index contributed by atoms with van der Waals surface area (Å²) in [6.45, 7) is 8.45. The van der Waals surface area contributed by atoms with Crippen LogP contribution in [-0.4, -0.2) is 28.5 Å². The zero-order valence-corrected chi connectivity index (χ0v) is 11.2. The summed E-state index contributed by atoms with van der Waals surface area (Å²) in [7, 11) is 1.95. The van der Waals surface area contributed by atoms with Crippen molar-refractivity contribution in [3.05, 3.63) is 18.0 Å². The van der Waals surface area contributed by atoms with E-state index in [9.17, 15) is 0 Å². The van der Waals surface area contributed by atoms with Crippen molar-refractivity contribution in [1.82, 2.24) is 15.1 Å². The number of ether oxygens (including phenoxy) is 1. The Kier molecular flexibility index (Phi) is 3.54. The number of aryl methyl sites for hydroxylation is 1. The minimum Gasteiger partial charge on any atom is -0.373 e.